The molecule has 0 aromatic carbocycles. The average Bonchev–Trinajstić information content (AvgIpc) is 2.58. The first kappa shape index (κ1) is 9.60. The van der Waals surface area contributed by atoms with Gasteiger partial charge in [0.15, 0.2) is 0 Å². The molecule has 0 aromatic rings. The number of hydroxylamine groups is 2. The van der Waals surface area contributed by atoms with E-state index in [1.165, 1.54) is 25.7 Å². The van der Waals surface area contributed by atoms with Crippen LogP contribution in [0.1, 0.15) is 25.7 Å². The minimum absolute atomic E-state index is 0.208. The Morgan fingerprint density at radius 2 is 1.73 bits per heavy atom. The maximum absolute atomic E-state index is 11.1. The zero-order chi connectivity index (χ0) is 10.6. The molecule has 15 heavy (non-hydrogen) atoms. The number of nitrogens with zero attached hydrogens (tertiary/aromatic N) is 1. The van der Waals surface area contributed by atoms with Gasteiger partial charge in [-0.1, -0.05) is 0 Å². The number of rotatable bonds is 1. The van der Waals surface area contributed by atoms with Crippen LogP contribution < -0.4 is 0 Å². The normalized spacial score (nSPS) is 49.3. The fourth-order valence-electron chi connectivity index (χ4n) is 4.20. The van der Waals surface area contributed by atoms with Crippen LogP contribution in [-0.4, -0.2) is 33.9 Å². The molecule has 3 atom stereocenters. The van der Waals surface area contributed by atoms with Crippen molar-refractivity contribution in [2.45, 2.75) is 31.7 Å². The Kier molecular flexibility index (Phi) is 2.04. The van der Waals surface area contributed by atoms with E-state index in [2.05, 4.69) is 0 Å². The highest BCUT2D eigenvalue weighted by atomic mass is 16.5. The standard InChI is InChI=1S/C11H17NO3/c13-11(14)10-9-7-3-1-6(2-4-7)8(9)5-12(10)15/h6-10,15H,1-5H2,(H,13,14)/t6?,7?,8-,9+,10+/m0/s1. The molecule has 2 N–H and O–H groups in total. The molecule has 1 saturated heterocycles. The van der Waals surface area contributed by atoms with E-state index < -0.39 is 12.0 Å². The molecule has 0 amide bonds. The Morgan fingerprint density at radius 1 is 1.13 bits per heavy atom. The summed E-state index contributed by atoms with van der Waals surface area (Å²) in [5.74, 6) is 0.999. The number of aliphatic carboxylic acids is 1. The van der Waals surface area contributed by atoms with E-state index in [9.17, 15) is 10.0 Å². The number of carboxylic acid groups (broad SMARTS) is 1. The number of hydrogen-bond acceptors (Lipinski definition) is 3. The first-order chi connectivity index (χ1) is 7.18. The molecule has 1 heterocycles. The van der Waals surface area contributed by atoms with Gasteiger partial charge in [0.25, 0.3) is 0 Å². The van der Waals surface area contributed by atoms with E-state index in [-0.39, 0.29) is 5.92 Å². The van der Waals surface area contributed by atoms with E-state index in [1.54, 1.807) is 0 Å². The topological polar surface area (TPSA) is 60.8 Å². The fourth-order valence-corrected chi connectivity index (χ4v) is 4.20. The highest BCUT2D eigenvalue weighted by Gasteiger charge is 2.55. The van der Waals surface area contributed by atoms with Crippen molar-refractivity contribution in [1.82, 2.24) is 5.06 Å². The minimum Gasteiger partial charge on any atom is -0.480 e. The van der Waals surface area contributed by atoms with Crippen molar-refractivity contribution >= 4 is 5.97 Å². The lowest BCUT2D eigenvalue weighted by atomic mass is 9.58. The van der Waals surface area contributed by atoms with Crippen molar-refractivity contribution in [1.29, 1.82) is 0 Å². The predicted molar refractivity (Wildman–Crippen MR) is 52.3 cm³/mol. The van der Waals surface area contributed by atoms with Crippen molar-refractivity contribution in [2.75, 3.05) is 6.54 Å². The zero-order valence-corrected chi connectivity index (χ0v) is 8.67. The van der Waals surface area contributed by atoms with Gasteiger partial charge in [-0.15, -0.1) is 0 Å². The highest BCUT2D eigenvalue weighted by molar-refractivity contribution is 5.74. The molecule has 84 valence electrons. The molecule has 4 fully saturated rings. The molecule has 3 saturated carbocycles. The Hall–Kier alpha value is -0.610. The summed E-state index contributed by atoms with van der Waals surface area (Å²) in [6.45, 7) is 0.572. The van der Waals surface area contributed by atoms with Crippen molar-refractivity contribution in [3.8, 4) is 0 Å². The molecule has 4 aliphatic rings. The molecule has 2 bridgehead atoms. The molecule has 1 aliphatic heterocycles. The van der Waals surface area contributed by atoms with Gasteiger partial charge in [-0.05, 0) is 49.4 Å². The summed E-state index contributed by atoms with van der Waals surface area (Å²) in [6, 6.07) is -0.636. The summed E-state index contributed by atoms with van der Waals surface area (Å²) < 4.78 is 0. The zero-order valence-electron chi connectivity index (χ0n) is 8.67. The van der Waals surface area contributed by atoms with Crippen molar-refractivity contribution in [3.63, 3.8) is 0 Å². The second-order valence-electron chi connectivity index (χ2n) is 5.32. The van der Waals surface area contributed by atoms with Crippen LogP contribution in [0, 0.1) is 23.7 Å². The maximum Gasteiger partial charge on any atom is 0.323 e. The number of hydrogen-bond donors (Lipinski definition) is 2. The molecule has 0 unspecified atom stereocenters. The summed E-state index contributed by atoms with van der Waals surface area (Å²) >= 11 is 0. The van der Waals surface area contributed by atoms with Gasteiger partial charge < -0.3 is 10.3 Å². The smallest absolute Gasteiger partial charge is 0.323 e. The largest absolute Gasteiger partial charge is 0.480 e. The van der Waals surface area contributed by atoms with E-state index in [0.717, 1.165) is 5.06 Å². The molecule has 4 rings (SSSR count). The molecule has 4 heteroatoms. The summed E-state index contributed by atoms with van der Waals surface area (Å²) in [5, 5.41) is 19.9. The molecule has 3 aliphatic carbocycles. The highest BCUT2D eigenvalue weighted by Crippen LogP contribution is 2.53. The SMILES string of the molecule is O=C(O)[C@H]1[C@@H]2C3CCC(CC3)[C@@H]2CN1O. The number of carbonyl (C=O) groups is 1. The first-order valence-electron chi connectivity index (χ1n) is 5.87. The Morgan fingerprint density at radius 3 is 2.33 bits per heavy atom. The molecule has 0 radical (unpaired) electrons. The monoisotopic (exact) mass is 211 g/mol. The second kappa shape index (κ2) is 3.19. The van der Waals surface area contributed by atoms with Gasteiger partial charge in [0.05, 0.1) is 0 Å². The third-order valence-electron chi connectivity index (χ3n) is 4.80. The van der Waals surface area contributed by atoms with Crippen LogP contribution in [-0.2, 0) is 4.79 Å². The van der Waals surface area contributed by atoms with Gasteiger partial charge in [0.2, 0.25) is 0 Å². The van der Waals surface area contributed by atoms with E-state index in [1.807, 2.05) is 0 Å². The van der Waals surface area contributed by atoms with Gasteiger partial charge >= 0.3 is 5.97 Å². The van der Waals surface area contributed by atoms with Gasteiger partial charge in [-0.3, -0.25) is 4.79 Å². The third kappa shape index (κ3) is 1.24. The summed E-state index contributed by atoms with van der Waals surface area (Å²) in [6.07, 6.45) is 4.82. The van der Waals surface area contributed by atoms with Crippen molar-refractivity contribution in [3.05, 3.63) is 0 Å². The lowest BCUT2D eigenvalue weighted by Gasteiger charge is -2.46. The molecule has 0 aromatic heterocycles. The Bertz CT molecular complexity index is 286. The van der Waals surface area contributed by atoms with E-state index >= 15 is 0 Å². The predicted octanol–water partition coefficient (Wildman–Crippen LogP) is 1.20. The molecular formula is C11H17NO3. The summed E-state index contributed by atoms with van der Waals surface area (Å²) in [4.78, 5) is 11.1. The van der Waals surface area contributed by atoms with E-state index in [0.29, 0.717) is 24.3 Å². The minimum atomic E-state index is -0.849. The molecule has 0 spiro atoms. The van der Waals surface area contributed by atoms with Gasteiger partial charge in [0.1, 0.15) is 6.04 Å². The number of carboxylic acids is 1. The van der Waals surface area contributed by atoms with Crippen LogP contribution in [0.3, 0.4) is 0 Å². The van der Waals surface area contributed by atoms with Gasteiger partial charge in [-0.25, -0.2) is 0 Å². The Labute approximate surface area is 88.8 Å². The van der Waals surface area contributed by atoms with Gasteiger partial charge in [0, 0.05) is 6.54 Å². The van der Waals surface area contributed by atoms with Crippen LogP contribution in [0.2, 0.25) is 0 Å². The van der Waals surface area contributed by atoms with Crippen LogP contribution in [0.25, 0.3) is 0 Å². The van der Waals surface area contributed by atoms with Crippen LogP contribution in [0.15, 0.2) is 0 Å². The quantitative estimate of drug-likeness (QED) is 0.684. The number of fused-ring (bicyclic) bond motifs is 2. The first-order valence-corrected chi connectivity index (χ1v) is 5.87. The molecule has 4 nitrogen and oxygen atoms in total. The van der Waals surface area contributed by atoms with Gasteiger partial charge in [-0.2, -0.15) is 5.06 Å². The van der Waals surface area contributed by atoms with Crippen molar-refractivity contribution < 1.29 is 15.1 Å². The fraction of sp³-hybridized carbons (Fsp3) is 0.909. The van der Waals surface area contributed by atoms with Crippen LogP contribution in [0.5, 0.6) is 0 Å². The van der Waals surface area contributed by atoms with Crippen LogP contribution in [0.4, 0.5) is 0 Å². The average molecular weight is 211 g/mol. The summed E-state index contributed by atoms with van der Waals surface area (Å²) in [5.41, 5.74) is 0. The second-order valence-corrected chi connectivity index (χ2v) is 5.32. The third-order valence-corrected chi connectivity index (χ3v) is 4.80. The van der Waals surface area contributed by atoms with E-state index in [4.69, 9.17) is 5.11 Å². The molecular weight excluding hydrogens is 194 g/mol. The maximum atomic E-state index is 11.1. The summed E-state index contributed by atoms with van der Waals surface area (Å²) in [7, 11) is 0. The van der Waals surface area contributed by atoms with Crippen molar-refractivity contribution in [2.24, 2.45) is 23.7 Å². The lowest BCUT2D eigenvalue weighted by Crippen LogP contribution is -2.45. The Balaban J connectivity index is 1.91. The van der Waals surface area contributed by atoms with Crippen LogP contribution >= 0.6 is 0 Å². The lowest BCUT2D eigenvalue weighted by molar-refractivity contribution is -0.165.